The average molecular weight is 271 g/mol. The van der Waals surface area contributed by atoms with Gasteiger partial charge < -0.3 is 0 Å². The van der Waals surface area contributed by atoms with Crippen molar-refractivity contribution in [2.24, 2.45) is 0 Å². The smallest absolute Gasteiger partial charge is 0.144 e. The molecular weight excluding hydrogens is 257 g/mol. The van der Waals surface area contributed by atoms with Gasteiger partial charge in [-0.05, 0) is 37.1 Å². The van der Waals surface area contributed by atoms with Crippen molar-refractivity contribution in [1.82, 2.24) is 0 Å². The Morgan fingerprint density at radius 2 is 2.00 bits per heavy atom. The highest BCUT2D eigenvalue weighted by atomic mass is 32.2. The summed E-state index contributed by atoms with van der Waals surface area (Å²) in [6.07, 6.45) is 0. The van der Waals surface area contributed by atoms with Crippen LogP contribution in [0.2, 0.25) is 0 Å². The van der Waals surface area contributed by atoms with E-state index in [1.165, 1.54) is 17.2 Å². The van der Waals surface area contributed by atoms with Crippen LogP contribution < -0.4 is 0 Å². The summed E-state index contributed by atoms with van der Waals surface area (Å²) in [4.78, 5) is 1.15. The molecule has 0 heterocycles. The van der Waals surface area contributed by atoms with E-state index >= 15 is 0 Å². The van der Waals surface area contributed by atoms with Crippen LogP contribution in [0.25, 0.3) is 0 Å². The molecule has 0 aromatic heterocycles. The lowest BCUT2D eigenvalue weighted by Crippen LogP contribution is -1.92. The van der Waals surface area contributed by atoms with Crippen molar-refractivity contribution in [2.75, 3.05) is 0 Å². The van der Waals surface area contributed by atoms with E-state index in [9.17, 15) is 4.39 Å². The maximum atomic E-state index is 13.9. The van der Waals surface area contributed by atoms with Gasteiger partial charge in [0.25, 0.3) is 0 Å². The van der Waals surface area contributed by atoms with Crippen molar-refractivity contribution in [3.8, 4) is 6.07 Å². The molecule has 0 amide bonds. The van der Waals surface area contributed by atoms with E-state index in [0.717, 1.165) is 4.90 Å². The van der Waals surface area contributed by atoms with Crippen LogP contribution in [0.4, 0.5) is 4.39 Å². The van der Waals surface area contributed by atoms with Gasteiger partial charge in [-0.25, -0.2) is 4.39 Å². The molecule has 2 aromatic carbocycles. The van der Waals surface area contributed by atoms with E-state index in [1.807, 2.05) is 19.9 Å². The zero-order valence-electron chi connectivity index (χ0n) is 10.9. The molecule has 0 N–H and O–H groups in total. The van der Waals surface area contributed by atoms with E-state index in [-0.39, 0.29) is 5.56 Å². The Labute approximate surface area is 117 Å². The van der Waals surface area contributed by atoms with E-state index < -0.39 is 5.82 Å². The van der Waals surface area contributed by atoms with Crippen LogP contribution in [0, 0.1) is 31.0 Å². The molecular formula is C16H14FNS. The lowest BCUT2D eigenvalue weighted by molar-refractivity contribution is 0.613. The number of hydrogen-bond donors (Lipinski definition) is 0. The number of thioether (sulfide) groups is 1. The Kier molecular flexibility index (Phi) is 4.24. The third-order valence-corrected chi connectivity index (χ3v) is 4.13. The van der Waals surface area contributed by atoms with Gasteiger partial charge in [-0.1, -0.05) is 29.8 Å². The predicted octanol–water partition coefficient (Wildman–Crippen LogP) is 4.61. The average Bonchev–Trinajstić information content (AvgIpc) is 2.41. The van der Waals surface area contributed by atoms with Gasteiger partial charge in [0.05, 0.1) is 5.56 Å². The monoisotopic (exact) mass is 271 g/mol. The fourth-order valence-corrected chi connectivity index (χ4v) is 2.89. The molecule has 0 spiro atoms. The molecule has 0 saturated carbocycles. The van der Waals surface area contributed by atoms with Gasteiger partial charge in [0, 0.05) is 10.6 Å². The van der Waals surface area contributed by atoms with Crippen molar-refractivity contribution in [2.45, 2.75) is 24.5 Å². The molecule has 1 nitrogen and oxygen atoms in total. The summed E-state index contributed by atoms with van der Waals surface area (Å²) in [6.45, 7) is 4.09. The second kappa shape index (κ2) is 5.90. The molecule has 2 aromatic rings. The van der Waals surface area contributed by atoms with Gasteiger partial charge in [-0.15, -0.1) is 11.8 Å². The normalized spacial score (nSPS) is 10.2. The fourth-order valence-electron chi connectivity index (χ4n) is 1.80. The Morgan fingerprint density at radius 1 is 1.21 bits per heavy atom. The van der Waals surface area contributed by atoms with Gasteiger partial charge in [0.2, 0.25) is 0 Å². The number of benzene rings is 2. The highest BCUT2D eigenvalue weighted by molar-refractivity contribution is 7.98. The lowest BCUT2D eigenvalue weighted by atomic mass is 10.1. The molecule has 19 heavy (non-hydrogen) atoms. The minimum absolute atomic E-state index is 0.110. The van der Waals surface area contributed by atoms with Crippen LogP contribution in [-0.4, -0.2) is 0 Å². The summed E-state index contributed by atoms with van der Waals surface area (Å²) in [7, 11) is 0. The minimum Gasteiger partial charge on any atom is -0.205 e. The third kappa shape index (κ3) is 3.15. The topological polar surface area (TPSA) is 23.8 Å². The number of nitriles is 1. The van der Waals surface area contributed by atoms with Crippen LogP contribution in [0.1, 0.15) is 22.3 Å². The highest BCUT2D eigenvalue weighted by Gasteiger charge is 2.08. The van der Waals surface area contributed by atoms with Gasteiger partial charge in [-0.2, -0.15) is 5.26 Å². The Balaban J connectivity index is 2.20. The summed E-state index contributed by atoms with van der Waals surface area (Å²) in [6, 6.07) is 13.1. The standard InChI is InChI=1S/C16H14FNS/c1-11-6-7-12(2)15(8-11)19-10-14-5-3-4-13(9-18)16(14)17/h3-8H,10H2,1-2H3. The van der Waals surface area contributed by atoms with Gasteiger partial charge in [-0.3, -0.25) is 0 Å². The van der Waals surface area contributed by atoms with E-state index in [4.69, 9.17) is 5.26 Å². The number of halogens is 1. The second-order valence-electron chi connectivity index (χ2n) is 4.45. The molecule has 0 bridgehead atoms. The molecule has 2 rings (SSSR count). The Morgan fingerprint density at radius 3 is 2.74 bits per heavy atom. The first-order valence-corrected chi connectivity index (χ1v) is 6.98. The van der Waals surface area contributed by atoms with Crippen LogP contribution in [0.3, 0.4) is 0 Å². The molecule has 0 saturated heterocycles. The summed E-state index contributed by atoms with van der Waals surface area (Å²) in [5.74, 6) is 0.133. The maximum absolute atomic E-state index is 13.9. The molecule has 0 aliphatic carbocycles. The van der Waals surface area contributed by atoms with Crippen molar-refractivity contribution in [3.05, 3.63) is 64.5 Å². The predicted molar refractivity (Wildman–Crippen MR) is 76.6 cm³/mol. The first-order valence-electron chi connectivity index (χ1n) is 5.99. The molecule has 0 aliphatic heterocycles. The first kappa shape index (κ1) is 13.6. The largest absolute Gasteiger partial charge is 0.205 e. The summed E-state index contributed by atoms with van der Waals surface area (Å²) in [5, 5.41) is 8.81. The molecule has 3 heteroatoms. The SMILES string of the molecule is Cc1ccc(C)c(SCc2cccc(C#N)c2F)c1. The summed E-state index contributed by atoms with van der Waals surface area (Å²) in [5.41, 5.74) is 3.07. The zero-order chi connectivity index (χ0) is 13.8. The highest BCUT2D eigenvalue weighted by Crippen LogP contribution is 2.28. The number of aryl methyl sites for hydroxylation is 2. The summed E-state index contributed by atoms with van der Waals surface area (Å²) >= 11 is 1.60. The van der Waals surface area contributed by atoms with Gasteiger partial charge >= 0.3 is 0 Å². The minimum atomic E-state index is -0.400. The van der Waals surface area contributed by atoms with Gasteiger partial charge in [0.1, 0.15) is 11.9 Å². The van der Waals surface area contributed by atoms with E-state index in [2.05, 4.69) is 18.2 Å². The molecule has 0 atom stereocenters. The molecule has 0 fully saturated rings. The van der Waals surface area contributed by atoms with Crippen LogP contribution in [0.5, 0.6) is 0 Å². The zero-order valence-corrected chi connectivity index (χ0v) is 11.7. The van der Waals surface area contributed by atoms with Crippen molar-refractivity contribution >= 4 is 11.8 Å². The van der Waals surface area contributed by atoms with Crippen LogP contribution in [-0.2, 0) is 5.75 Å². The van der Waals surface area contributed by atoms with Crippen LogP contribution >= 0.6 is 11.8 Å². The number of nitrogens with zero attached hydrogens (tertiary/aromatic N) is 1. The van der Waals surface area contributed by atoms with E-state index in [1.54, 1.807) is 23.9 Å². The molecule has 0 radical (unpaired) electrons. The van der Waals surface area contributed by atoms with Crippen LogP contribution in [0.15, 0.2) is 41.3 Å². The quantitative estimate of drug-likeness (QED) is 0.761. The molecule has 0 aliphatic rings. The van der Waals surface area contributed by atoms with Crippen molar-refractivity contribution in [3.63, 3.8) is 0 Å². The molecule has 96 valence electrons. The molecule has 0 unspecified atom stereocenters. The van der Waals surface area contributed by atoms with Crippen molar-refractivity contribution < 1.29 is 4.39 Å². The Bertz CT molecular complexity index is 644. The Hall–Kier alpha value is -1.79. The van der Waals surface area contributed by atoms with Crippen molar-refractivity contribution in [1.29, 1.82) is 5.26 Å². The maximum Gasteiger partial charge on any atom is 0.144 e. The number of hydrogen-bond acceptors (Lipinski definition) is 2. The first-order chi connectivity index (χ1) is 9.11. The fraction of sp³-hybridized carbons (Fsp3) is 0.188. The summed E-state index contributed by atoms with van der Waals surface area (Å²) < 4.78 is 13.9. The second-order valence-corrected chi connectivity index (χ2v) is 5.47. The van der Waals surface area contributed by atoms with Gasteiger partial charge in [0.15, 0.2) is 0 Å². The third-order valence-electron chi connectivity index (χ3n) is 2.93. The number of rotatable bonds is 3. The van der Waals surface area contributed by atoms with E-state index in [0.29, 0.717) is 11.3 Å². The lowest BCUT2D eigenvalue weighted by Gasteiger charge is -2.08.